The van der Waals surface area contributed by atoms with Crippen LogP contribution < -0.4 is 10.5 Å². The fourth-order valence-electron chi connectivity index (χ4n) is 2.15. The van der Waals surface area contributed by atoms with Crippen LogP contribution in [-0.2, 0) is 10.0 Å². The van der Waals surface area contributed by atoms with Crippen molar-refractivity contribution in [2.24, 2.45) is 5.14 Å². The van der Waals surface area contributed by atoms with E-state index < -0.39 is 14.9 Å². The fourth-order valence-corrected chi connectivity index (χ4v) is 2.96. The molecule has 24 heavy (non-hydrogen) atoms. The van der Waals surface area contributed by atoms with Crippen molar-refractivity contribution in [3.8, 4) is 0 Å². The van der Waals surface area contributed by atoms with Gasteiger partial charge in [0, 0.05) is 17.3 Å². The summed E-state index contributed by atoms with van der Waals surface area (Å²) in [5.41, 5.74) is 0.837. The molecule has 0 aliphatic heterocycles. The second kappa shape index (κ2) is 6.38. The lowest BCUT2D eigenvalue weighted by Gasteiger charge is -2.10. The van der Waals surface area contributed by atoms with E-state index in [4.69, 9.17) is 5.14 Å². The van der Waals surface area contributed by atoms with E-state index >= 15 is 0 Å². The van der Waals surface area contributed by atoms with Crippen LogP contribution in [0.5, 0.6) is 0 Å². The predicted octanol–water partition coefficient (Wildman–Crippen LogP) is 2.50. The molecule has 0 heterocycles. The molecule has 0 fully saturated rings. The fraction of sp³-hybridized carbons (Fsp3) is 0.133. The van der Waals surface area contributed by atoms with E-state index in [-0.39, 0.29) is 27.6 Å². The van der Waals surface area contributed by atoms with Crippen LogP contribution in [0.15, 0.2) is 41.3 Å². The van der Waals surface area contributed by atoms with E-state index in [1.165, 1.54) is 37.3 Å². The van der Waals surface area contributed by atoms with Crippen molar-refractivity contribution in [2.45, 2.75) is 18.7 Å². The summed E-state index contributed by atoms with van der Waals surface area (Å²) >= 11 is 0. The molecule has 2 rings (SSSR count). The zero-order valence-electron chi connectivity index (χ0n) is 12.9. The first-order valence-electron chi connectivity index (χ1n) is 6.79. The maximum absolute atomic E-state index is 11.6. The van der Waals surface area contributed by atoms with Crippen LogP contribution in [0.2, 0.25) is 0 Å². The van der Waals surface area contributed by atoms with Crippen LogP contribution in [0.1, 0.15) is 22.8 Å². The van der Waals surface area contributed by atoms with Crippen LogP contribution >= 0.6 is 0 Å². The van der Waals surface area contributed by atoms with Crippen LogP contribution in [0.25, 0.3) is 0 Å². The van der Waals surface area contributed by atoms with Crippen LogP contribution in [-0.4, -0.2) is 19.1 Å². The molecule has 126 valence electrons. The molecule has 8 nitrogen and oxygen atoms in total. The third kappa shape index (κ3) is 3.76. The summed E-state index contributed by atoms with van der Waals surface area (Å²) < 4.78 is 23.1. The Labute approximate surface area is 138 Å². The minimum absolute atomic E-state index is 0.0736. The number of nitrogens with zero attached hydrogens (tertiary/aromatic N) is 1. The topological polar surface area (TPSA) is 132 Å². The molecule has 0 aliphatic rings. The van der Waals surface area contributed by atoms with Gasteiger partial charge in [-0.1, -0.05) is 6.07 Å². The average Bonchev–Trinajstić information content (AvgIpc) is 2.48. The summed E-state index contributed by atoms with van der Waals surface area (Å²) in [6.07, 6.45) is 0. The van der Waals surface area contributed by atoms with Crippen molar-refractivity contribution in [3.63, 3.8) is 0 Å². The minimum Gasteiger partial charge on any atom is -0.350 e. The zero-order valence-corrected chi connectivity index (χ0v) is 13.8. The lowest BCUT2D eigenvalue weighted by Crippen LogP contribution is -2.14. The van der Waals surface area contributed by atoms with Gasteiger partial charge in [0.05, 0.1) is 9.82 Å². The van der Waals surface area contributed by atoms with Gasteiger partial charge in [-0.15, -0.1) is 0 Å². The maximum atomic E-state index is 11.6. The number of hydrogen-bond acceptors (Lipinski definition) is 6. The second-order valence-corrected chi connectivity index (χ2v) is 6.73. The van der Waals surface area contributed by atoms with E-state index in [2.05, 4.69) is 5.32 Å². The third-order valence-corrected chi connectivity index (χ3v) is 4.43. The molecular weight excluding hydrogens is 334 g/mol. The lowest BCUT2D eigenvalue weighted by molar-refractivity contribution is -0.383. The number of carbonyl (C=O) groups is 1. The Morgan fingerprint density at radius 1 is 1.21 bits per heavy atom. The molecule has 0 unspecified atom stereocenters. The number of benzene rings is 2. The monoisotopic (exact) mass is 349 g/mol. The summed E-state index contributed by atoms with van der Waals surface area (Å²) in [5, 5.41) is 19.1. The zero-order chi connectivity index (χ0) is 18.1. The molecule has 0 amide bonds. The number of primary sulfonamides is 1. The van der Waals surface area contributed by atoms with Gasteiger partial charge in [0.25, 0.3) is 5.69 Å². The van der Waals surface area contributed by atoms with Crippen molar-refractivity contribution in [1.29, 1.82) is 0 Å². The average molecular weight is 349 g/mol. The first-order valence-corrected chi connectivity index (χ1v) is 8.34. The first kappa shape index (κ1) is 17.6. The van der Waals surface area contributed by atoms with Gasteiger partial charge in [-0.3, -0.25) is 14.9 Å². The highest BCUT2D eigenvalue weighted by molar-refractivity contribution is 7.89. The van der Waals surface area contributed by atoms with Gasteiger partial charge in [0.15, 0.2) is 5.78 Å². The standard InChI is InChI=1S/C15H15N3O5S/c1-9-3-5-12(8-15(9)24(16,22)23)17-13-6-4-11(10(2)19)7-14(13)18(20)21/h3-8,17H,1-2H3,(H2,16,22,23). The normalized spacial score (nSPS) is 11.1. The number of ketones is 1. The summed E-state index contributed by atoms with van der Waals surface area (Å²) in [5.74, 6) is -0.295. The molecule has 9 heteroatoms. The van der Waals surface area contributed by atoms with E-state index in [0.29, 0.717) is 11.3 Å². The lowest BCUT2D eigenvalue weighted by atomic mass is 10.1. The molecule has 0 aliphatic carbocycles. The predicted molar refractivity (Wildman–Crippen MR) is 88.9 cm³/mol. The Hall–Kier alpha value is -2.78. The molecule has 3 N–H and O–H groups in total. The van der Waals surface area contributed by atoms with Crippen LogP contribution in [0.4, 0.5) is 17.1 Å². The highest BCUT2D eigenvalue weighted by Crippen LogP contribution is 2.30. The molecule has 0 saturated heterocycles. The van der Waals surface area contributed by atoms with Crippen LogP contribution in [0.3, 0.4) is 0 Å². The Kier molecular flexibility index (Phi) is 4.67. The number of nitrogens with two attached hydrogens (primary N) is 1. The van der Waals surface area contributed by atoms with E-state index in [1.807, 2.05) is 0 Å². The SMILES string of the molecule is CC(=O)c1ccc(Nc2ccc(C)c(S(N)(=O)=O)c2)c([N+](=O)[O-])c1. The number of nitrogens with one attached hydrogen (secondary N) is 1. The van der Waals surface area contributed by atoms with Gasteiger partial charge in [0.1, 0.15) is 5.69 Å². The van der Waals surface area contributed by atoms with Crippen molar-refractivity contribution in [2.75, 3.05) is 5.32 Å². The van der Waals surface area contributed by atoms with Crippen molar-refractivity contribution in [1.82, 2.24) is 0 Å². The molecule has 0 spiro atoms. The molecular formula is C15H15N3O5S. The van der Waals surface area contributed by atoms with Gasteiger partial charge < -0.3 is 5.32 Å². The van der Waals surface area contributed by atoms with E-state index in [1.54, 1.807) is 13.0 Å². The number of nitro benzene ring substituents is 1. The quantitative estimate of drug-likeness (QED) is 0.484. The largest absolute Gasteiger partial charge is 0.350 e. The van der Waals surface area contributed by atoms with Gasteiger partial charge in [-0.25, -0.2) is 13.6 Å². The molecule has 2 aromatic rings. The van der Waals surface area contributed by atoms with Crippen LogP contribution in [0, 0.1) is 17.0 Å². The van der Waals surface area contributed by atoms with Gasteiger partial charge in [-0.2, -0.15) is 0 Å². The molecule has 0 saturated carbocycles. The highest BCUT2D eigenvalue weighted by Gasteiger charge is 2.18. The molecule has 0 atom stereocenters. The maximum Gasteiger partial charge on any atom is 0.293 e. The number of hydrogen-bond donors (Lipinski definition) is 2. The Morgan fingerprint density at radius 3 is 2.42 bits per heavy atom. The molecule has 2 aromatic carbocycles. The van der Waals surface area contributed by atoms with Crippen molar-refractivity contribution >= 4 is 32.9 Å². The number of aryl methyl sites for hydroxylation is 1. The number of nitro groups is 1. The minimum atomic E-state index is -3.91. The van der Waals surface area contributed by atoms with Gasteiger partial charge >= 0.3 is 0 Å². The molecule has 0 bridgehead atoms. The molecule has 0 aromatic heterocycles. The van der Waals surface area contributed by atoms with Gasteiger partial charge in [0.2, 0.25) is 10.0 Å². The van der Waals surface area contributed by atoms with E-state index in [9.17, 15) is 23.3 Å². The first-order chi connectivity index (χ1) is 11.1. The Balaban J connectivity index is 2.49. The summed E-state index contributed by atoms with van der Waals surface area (Å²) in [6.45, 7) is 2.90. The number of sulfonamides is 1. The van der Waals surface area contributed by atoms with Crippen molar-refractivity contribution in [3.05, 3.63) is 57.6 Å². The highest BCUT2D eigenvalue weighted by atomic mass is 32.2. The number of carbonyl (C=O) groups excluding carboxylic acids is 1. The Morgan fingerprint density at radius 2 is 1.88 bits per heavy atom. The van der Waals surface area contributed by atoms with Gasteiger partial charge in [-0.05, 0) is 43.7 Å². The van der Waals surface area contributed by atoms with Crippen molar-refractivity contribution < 1.29 is 18.1 Å². The smallest absolute Gasteiger partial charge is 0.293 e. The number of anilines is 2. The molecule has 0 radical (unpaired) electrons. The summed E-state index contributed by atoms with van der Waals surface area (Å²) in [4.78, 5) is 21.9. The number of Topliss-reactive ketones (excluding diaryl/α,β-unsaturated/α-hetero) is 1. The summed E-state index contributed by atoms with van der Waals surface area (Å²) in [7, 11) is -3.91. The Bertz CT molecular complexity index is 938. The van der Waals surface area contributed by atoms with E-state index in [0.717, 1.165) is 0 Å². The second-order valence-electron chi connectivity index (χ2n) is 5.20. The third-order valence-electron chi connectivity index (χ3n) is 3.37. The summed E-state index contributed by atoms with van der Waals surface area (Å²) in [6, 6.07) is 8.43. The number of rotatable bonds is 5.